The summed E-state index contributed by atoms with van der Waals surface area (Å²) in [5.41, 5.74) is -0.138. The highest BCUT2D eigenvalue weighted by molar-refractivity contribution is 5.95. The fourth-order valence-electron chi connectivity index (χ4n) is 2.54. The predicted octanol–water partition coefficient (Wildman–Crippen LogP) is 2.27. The first-order valence-electron chi connectivity index (χ1n) is 6.71. The molecule has 2 N–H and O–H groups in total. The first kappa shape index (κ1) is 13.1. The molecule has 0 aliphatic heterocycles. The van der Waals surface area contributed by atoms with Crippen LogP contribution in [0.3, 0.4) is 0 Å². The number of furan rings is 1. The Hall–Kier alpha value is -1.29. The van der Waals surface area contributed by atoms with Crippen LogP contribution >= 0.6 is 0 Å². The van der Waals surface area contributed by atoms with E-state index in [0.717, 1.165) is 25.7 Å². The summed E-state index contributed by atoms with van der Waals surface area (Å²) < 4.78 is 5.23. The van der Waals surface area contributed by atoms with Crippen molar-refractivity contribution < 1.29 is 14.3 Å². The number of aliphatic hydroxyl groups is 1. The van der Waals surface area contributed by atoms with E-state index in [4.69, 9.17) is 4.42 Å². The Balaban J connectivity index is 1.92. The molecule has 0 saturated heterocycles. The Morgan fingerprint density at radius 3 is 2.83 bits per heavy atom. The van der Waals surface area contributed by atoms with E-state index in [1.54, 1.807) is 6.07 Å². The minimum Gasteiger partial charge on any atom is -0.469 e. The molecule has 0 bridgehead atoms. The Kier molecular flexibility index (Phi) is 4.07. The third kappa shape index (κ3) is 2.93. The lowest BCUT2D eigenvalue weighted by Crippen LogP contribution is -2.44. The zero-order valence-electron chi connectivity index (χ0n) is 10.9. The van der Waals surface area contributed by atoms with Crippen molar-refractivity contribution in [1.82, 2.24) is 5.32 Å². The van der Waals surface area contributed by atoms with Crippen LogP contribution in [-0.4, -0.2) is 23.2 Å². The molecular formula is C14H21NO3. The molecule has 1 aliphatic carbocycles. The molecule has 1 fully saturated rings. The number of aryl methyl sites for hydroxylation is 1. The molecule has 1 aromatic heterocycles. The molecule has 1 amide bonds. The average Bonchev–Trinajstić information content (AvgIpc) is 2.85. The third-order valence-electron chi connectivity index (χ3n) is 3.67. The van der Waals surface area contributed by atoms with Crippen LogP contribution in [0.15, 0.2) is 16.7 Å². The van der Waals surface area contributed by atoms with E-state index in [9.17, 15) is 9.90 Å². The van der Waals surface area contributed by atoms with E-state index >= 15 is 0 Å². The van der Waals surface area contributed by atoms with Crippen molar-refractivity contribution in [1.29, 1.82) is 0 Å². The van der Waals surface area contributed by atoms with Crippen LogP contribution in [0.25, 0.3) is 0 Å². The van der Waals surface area contributed by atoms with Crippen LogP contribution in [0.2, 0.25) is 0 Å². The van der Waals surface area contributed by atoms with Gasteiger partial charge in [0.05, 0.1) is 17.4 Å². The molecule has 18 heavy (non-hydrogen) atoms. The highest BCUT2D eigenvalue weighted by Gasteiger charge is 2.29. The van der Waals surface area contributed by atoms with Crippen molar-refractivity contribution in [3.05, 3.63) is 23.7 Å². The quantitative estimate of drug-likeness (QED) is 0.863. The van der Waals surface area contributed by atoms with E-state index < -0.39 is 5.60 Å². The van der Waals surface area contributed by atoms with Crippen molar-refractivity contribution in [2.45, 2.75) is 51.0 Å². The molecule has 100 valence electrons. The maximum Gasteiger partial charge on any atom is 0.254 e. The SMILES string of the molecule is CCc1occc1C(=O)NCC1(O)CCCCC1. The van der Waals surface area contributed by atoms with Crippen molar-refractivity contribution in [2.75, 3.05) is 6.54 Å². The molecule has 0 unspecified atom stereocenters. The van der Waals surface area contributed by atoms with Gasteiger partial charge in [0.2, 0.25) is 0 Å². The number of carbonyl (C=O) groups is 1. The zero-order valence-corrected chi connectivity index (χ0v) is 10.9. The lowest BCUT2D eigenvalue weighted by Gasteiger charge is -2.32. The minimum absolute atomic E-state index is 0.153. The summed E-state index contributed by atoms with van der Waals surface area (Å²) in [5, 5.41) is 13.1. The van der Waals surface area contributed by atoms with Gasteiger partial charge in [-0.2, -0.15) is 0 Å². The Morgan fingerprint density at radius 2 is 2.17 bits per heavy atom. The molecule has 2 rings (SSSR count). The van der Waals surface area contributed by atoms with Gasteiger partial charge in [0.15, 0.2) is 0 Å². The van der Waals surface area contributed by atoms with Gasteiger partial charge in [-0.1, -0.05) is 26.2 Å². The molecule has 0 atom stereocenters. The first-order chi connectivity index (χ1) is 8.64. The second-order valence-corrected chi connectivity index (χ2v) is 5.08. The monoisotopic (exact) mass is 251 g/mol. The number of carbonyl (C=O) groups excluding carboxylic acids is 1. The molecule has 0 spiro atoms. The van der Waals surface area contributed by atoms with Gasteiger partial charge < -0.3 is 14.8 Å². The van der Waals surface area contributed by atoms with E-state index in [2.05, 4.69) is 5.32 Å². The molecular weight excluding hydrogens is 230 g/mol. The first-order valence-corrected chi connectivity index (χ1v) is 6.71. The Bertz CT molecular complexity index is 405. The van der Waals surface area contributed by atoms with Gasteiger partial charge in [-0.05, 0) is 18.9 Å². The molecule has 1 saturated carbocycles. The van der Waals surface area contributed by atoms with Gasteiger partial charge in [0, 0.05) is 13.0 Å². The summed E-state index contributed by atoms with van der Waals surface area (Å²) in [4.78, 5) is 12.0. The number of rotatable bonds is 4. The van der Waals surface area contributed by atoms with Crippen LogP contribution in [0.5, 0.6) is 0 Å². The van der Waals surface area contributed by atoms with Gasteiger partial charge in [-0.15, -0.1) is 0 Å². The largest absolute Gasteiger partial charge is 0.469 e. The summed E-state index contributed by atoms with van der Waals surface area (Å²) >= 11 is 0. The fourth-order valence-corrected chi connectivity index (χ4v) is 2.54. The van der Waals surface area contributed by atoms with Crippen molar-refractivity contribution in [3.8, 4) is 0 Å². The van der Waals surface area contributed by atoms with Crippen LogP contribution in [0.4, 0.5) is 0 Å². The molecule has 4 nitrogen and oxygen atoms in total. The van der Waals surface area contributed by atoms with Gasteiger partial charge in [-0.3, -0.25) is 4.79 Å². The van der Waals surface area contributed by atoms with E-state index in [1.165, 1.54) is 12.7 Å². The van der Waals surface area contributed by atoms with E-state index in [1.807, 2.05) is 6.92 Å². The van der Waals surface area contributed by atoms with E-state index in [0.29, 0.717) is 24.3 Å². The van der Waals surface area contributed by atoms with Crippen molar-refractivity contribution in [3.63, 3.8) is 0 Å². The molecule has 4 heteroatoms. The number of amides is 1. The number of hydrogen-bond donors (Lipinski definition) is 2. The molecule has 1 aromatic rings. The molecule has 0 radical (unpaired) electrons. The average molecular weight is 251 g/mol. The number of hydrogen-bond acceptors (Lipinski definition) is 3. The van der Waals surface area contributed by atoms with Gasteiger partial charge in [-0.25, -0.2) is 0 Å². The van der Waals surface area contributed by atoms with Crippen molar-refractivity contribution in [2.24, 2.45) is 0 Å². The number of nitrogens with one attached hydrogen (secondary N) is 1. The third-order valence-corrected chi connectivity index (χ3v) is 3.67. The summed E-state index contributed by atoms with van der Waals surface area (Å²) in [5.74, 6) is 0.544. The normalized spacial score (nSPS) is 18.6. The van der Waals surface area contributed by atoms with Crippen LogP contribution in [0, 0.1) is 0 Å². The summed E-state index contributed by atoms with van der Waals surface area (Å²) in [6.07, 6.45) is 7.04. The van der Waals surface area contributed by atoms with Gasteiger partial charge >= 0.3 is 0 Å². The van der Waals surface area contributed by atoms with Gasteiger partial charge in [0.1, 0.15) is 5.76 Å². The van der Waals surface area contributed by atoms with E-state index in [-0.39, 0.29) is 5.91 Å². The predicted molar refractivity (Wildman–Crippen MR) is 68.5 cm³/mol. The highest BCUT2D eigenvalue weighted by Crippen LogP contribution is 2.27. The summed E-state index contributed by atoms with van der Waals surface area (Å²) in [6, 6.07) is 1.68. The maximum atomic E-state index is 12.0. The Morgan fingerprint density at radius 1 is 1.44 bits per heavy atom. The smallest absolute Gasteiger partial charge is 0.254 e. The molecule has 1 heterocycles. The van der Waals surface area contributed by atoms with Crippen molar-refractivity contribution >= 4 is 5.91 Å². The Labute approximate surface area is 107 Å². The standard InChI is InChI=1S/C14H21NO3/c1-2-12-11(6-9-18-12)13(16)15-10-14(17)7-4-3-5-8-14/h6,9,17H,2-5,7-8,10H2,1H3,(H,15,16). The summed E-state index contributed by atoms with van der Waals surface area (Å²) in [6.45, 7) is 2.28. The van der Waals surface area contributed by atoms with Crippen LogP contribution in [0.1, 0.15) is 55.1 Å². The second kappa shape index (κ2) is 5.57. The highest BCUT2D eigenvalue weighted by atomic mass is 16.3. The van der Waals surface area contributed by atoms with Gasteiger partial charge in [0.25, 0.3) is 5.91 Å². The maximum absolute atomic E-state index is 12.0. The fraction of sp³-hybridized carbons (Fsp3) is 0.643. The zero-order chi connectivity index (χ0) is 13.0. The lowest BCUT2D eigenvalue weighted by molar-refractivity contribution is 0.00523. The summed E-state index contributed by atoms with van der Waals surface area (Å²) in [7, 11) is 0. The topological polar surface area (TPSA) is 62.5 Å². The molecule has 0 aromatic carbocycles. The minimum atomic E-state index is -0.718. The second-order valence-electron chi connectivity index (χ2n) is 5.08. The molecule has 1 aliphatic rings. The van der Waals surface area contributed by atoms with Crippen LogP contribution < -0.4 is 5.32 Å². The van der Waals surface area contributed by atoms with Crippen LogP contribution in [-0.2, 0) is 6.42 Å². The lowest BCUT2D eigenvalue weighted by atomic mass is 9.85.